The van der Waals surface area contributed by atoms with Crippen LogP contribution in [0, 0.1) is 5.92 Å². The van der Waals surface area contributed by atoms with Gasteiger partial charge in [0.1, 0.15) is 5.75 Å². The smallest absolute Gasteiger partial charge is 0.290 e. The molecule has 4 nitrogen and oxygen atoms in total. The van der Waals surface area contributed by atoms with Gasteiger partial charge in [-0.15, -0.1) is 0 Å². The van der Waals surface area contributed by atoms with Crippen LogP contribution in [0.5, 0.6) is 5.75 Å². The first-order valence-electron chi connectivity index (χ1n) is 8.72. The first-order chi connectivity index (χ1) is 12.7. The normalized spacial score (nSPS) is 20.8. The molecule has 0 spiro atoms. The number of benzene rings is 2. The van der Waals surface area contributed by atoms with E-state index < -0.39 is 0 Å². The van der Waals surface area contributed by atoms with Gasteiger partial charge < -0.3 is 4.74 Å². The highest BCUT2D eigenvalue weighted by atomic mass is 32.2. The van der Waals surface area contributed by atoms with Crippen molar-refractivity contribution in [2.75, 3.05) is 6.61 Å². The molecule has 1 aliphatic carbocycles. The van der Waals surface area contributed by atoms with Gasteiger partial charge in [0.15, 0.2) is 0 Å². The van der Waals surface area contributed by atoms with Gasteiger partial charge in [0.2, 0.25) is 0 Å². The third-order valence-electron chi connectivity index (χ3n) is 4.75. The fraction of sp³-hybridized carbons (Fsp3) is 0.238. The van der Waals surface area contributed by atoms with Crippen molar-refractivity contribution in [1.82, 2.24) is 5.32 Å². The molecule has 26 heavy (non-hydrogen) atoms. The molecule has 5 heteroatoms. The number of hydrogen-bond donors (Lipinski definition) is 1. The van der Waals surface area contributed by atoms with Crippen LogP contribution < -0.4 is 10.1 Å². The van der Waals surface area contributed by atoms with Crippen molar-refractivity contribution in [2.24, 2.45) is 5.92 Å². The number of imide groups is 1. The Labute approximate surface area is 156 Å². The van der Waals surface area contributed by atoms with Crippen LogP contribution in [0.2, 0.25) is 0 Å². The van der Waals surface area contributed by atoms with Crippen LogP contribution in [0.15, 0.2) is 53.4 Å². The minimum Gasteiger partial charge on any atom is -0.493 e. The molecule has 4 rings (SSSR count). The average molecular weight is 365 g/mol. The van der Waals surface area contributed by atoms with E-state index in [1.807, 2.05) is 24.3 Å². The molecule has 0 saturated carbocycles. The number of carbonyl (C=O) groups excluding carboxylic acids is 2. The molecule has 0 radical (unpaired) electrons. The van der Waals surface area contributed by atoms with Crippen molar-refractivity contribution in [3.05, 3.63) is 70.1 Å². The summed E-state index contributed by atoms with van der Waals surface area (Å²) in [6, 6.07) is 16.2. The van der Waals surface area contributed by atoms with Crippen LogP contribution in [0.4, 0.5) is 4.79 Å². The number of hydrogen-bond acceptors (Lipinski definition) is 4. The Morgan fingerprint density at radius 1 is 1.08 bits per heavy atom. The molecule has 1 heterocycles. The monoisotopic (exact) mass is 365 g/mol. The van der Waals surface area contributed by atoms with E-state index in [-0.39, 0.29) is 11.1 Å². The van der Waals surface area contributed by atoms with Gasteiger partial charge in [-0.05, 0) is 71.8 Å². The molecule has 1 atom stereocenters. The minimum absolute atomic E-state index is 0.324. The summed E-state index contributed by atoms with van der Waals surface area (Å²) in [4.78, 5) is 23.2. The third-order valence-corrected chi connectivity index (χ3v) is 5.57. The topological polar surface area (TPSA) is 55.4 Å². The summed E-state index contributed by atoms with van der Waals surface area (Å²) in [6.07, 6.45) is 5.06. The van der Waals surface area contributed by atoms with Gasteiger partial charge in [-0.1, -0.05) is 36.4 Å². The second-order valence-electron chi connectivity index (χ2n) is 6.61. The van der Waals surface area contributed by atoms with E-state index in [4.69, 9.17) is 4.74 Å². The third kappa shape index (κ3) is 3.83. The molecule has 2 aromatic carbocycles. The number of rotatable bonds is 4. The van der Waals surface area contributed by atoms with Gasteiger partial charge in [0.25, 0.3) is 11.1 Å². The molecule has 1 unspecified atom stereocenters. The maximum Gasteiger partial charge on any atom is 0.290 e. The molecule has 1 fully saturated rings. The quantitative estimate of drug-likeness (QED) is 0.825. The van der Waals surface area contributed by atoms with Crippen LogP contribution in [0.3, 0.4) is 0 Å². The largest absolute Gasteiger partial charge is 0.493 e. The maximum absolute atomic E-state index is 11.6. The Hall–Kier alpha value is -2.53. The first-order valence-corrected chi connectivity index (χ1v) is 9.53. The van der Waals surface area contributed by atoms with E-state index in [1.165, 1.54) is 11.1 Å². The molecule has 2 aromatic rings. The molecule has 2 aliphatic rings. The molecular formula is C21H19NO3S. The lowest BCUT2D eigenvalue weighted by atomic mass is 9.84. The Bertz CT molecular complexity index is 873. The van der Waals surface area contributed by atoms with Gasteiger partial charge >= 0.3 is 0 Å². The number of carbonyl (C=O) groups is 2. The molecule has 0 aromatic heterocycles. The minimum atomic E-state index is -0.335. The lowest BCUT2D eigenvalue weighted by molar-refractivity contribution is -0.115. The fourth-order valence-corrected chi connectivity index (χ4v) is 4.04. The fourth-order valence-electron chi connectivity index (χ4n) is 3.36. The van der Waals surface area contributed by atoms with Crippen molar-refractivity contribution in [3.63, 3.8) is 0 Å². The van der Waals surface area contributed by atoms with Gasteiger partial charge in [-0.25, -0.2) is 0 Å². The summed E-state index contributed by atoms with van der Waals surface area (Å²) in [5, 5.41) is 1.93. The van der Waals surface area contributed by atoms with Gasteiger partial charge in [-0.2, -0.15) is 0 Å². The van der Waals surface area contributed by atoms with Gasteiger partial charge in [-0.3, -0.25) is 14.9 Å². The van der Waals surface area contributed by atoms with Gasteiger partial charge in [0, 0.05) is 0 Å². The lowest BCUT2D eigenvalue weighted by Gasteiger charge is -2.24. The predicted octanol–water partition coefficient (Wildman–Crippen LogP) is 4.19. The van der Waals surface area contributed by atoms with E-state index in [2.05, 4.69) is 29.6 Å². The van der Waals surface area contributed by atoms with E-state index in [0.29, 0.717) is 17.4 Å². The second kappa shape index (κ2) is 7.38. The standard InChI is InChI=1S/C21H19NO3S/c23-20-19(26-21(24)22-20)12-14-6-9-18(10-7-14)25-13-15-5-8-16-3-1-2-4-17(16)11-15/h1-4,6-7,9-10,12,15H,5,8,11,13H2,(H,22,23,24). The zero-order valence-electron chi connectivity index (χ0n) is 14.2. The maximum atomic E-state index is 11.6. The van der Waals surface area contributed by atoms with Crippen molar-refractivity contribution < 1.29 is 14.3 Å². The molecule has 0 bridgehead atoms. The predicted molar refractivity (Wildman–Crippen MR) is 103 cm³/mol. The van der Waals surface area contributed by atoms with Crippen molar-refractivity contribution >= 4 is 29.0 Å². The Kier molecular flexibility index (Phi) is 4.80. The van der Waals surface area contributed by atoms with E-state index in [1.54, 1.807) is 6.08 Å². The van der Waals surface area contributed by atoms with Crippen LogP contribution >= 0.6 is 11.8 Å². The van der Waals surface area contributed by atoms with E-state index in [9.17, 15) is 9.59 Å². The molecule has 2 amide bonds. The summed E-state index contributed by atoms with van der Waals surface area (Å²) in [6.45, 7) is 0.710. The summed E-state index contributed by atoms with van der Waals surface area (Å²) < 4.78 is 5.96. The Morgan fingerprint density at radius 3 is 2.58 bits per heavy atom. The highest BCUT2D eigenvalue weighted by Crippen LogP contribution is 2.28. The highest BCUT2D eigenvalue weighted by Gasteiger charge is 2.24. The number of aryl methyl sites for hydroxylation is 1. The average Bonchev–Trinajstić information content (AvgIpc) is 2.98. The number of amides is 2. The first kappa shape index (κ1) is 16.9. The number of nitrogens with one attached hydrogen (secondary N) is 1. The summed E-state index contributed by atoms with van der Waals surface area (Å²) in [5.74, 6) is 1.03. The SMILES string of the molecule is O=C1NC(=O)C(=Cc2ccc(OCC3CCc4ccccc4C3)cc2)S1. The van der Waals surface area contributed by atoms with Crippen LogP contribution in [-0.4, -0.2) is 17.8 Å². The Morgan fingerprint density at radius 2 is 1.85 bits per heavy atom. The van der Waals surface area contributed by atoms with E-state index in [0.717, 1.165) is 42.3 Å². The Balaban J connectivity index is 1.34. The molecule has 1 N–H and O–H groups in total. The zero-order chi connectivity index (χ0) is 17.9. The van der Waals surface area contributed by atoms with Crippen LogP contribution in [0.1, 0.15) is 23.1 Å². The molecule has 1 aliphatic heterocycles. The van der Waals surface area contributed by atoms with Crippen LogP contribution in [0.25, 0.3) is 6.08 Å². The highest BCUT2D eigenvalue weighted by molar-refractivity contribution is 8.18. The number of fused-ring (bicyclic) bond motifs is 1. The van der Waals surface area contributed by atoms with Crippen molar-refractivity contribution in [1.29, 1.82) is 0 Å². The number of thioether (sulfide) groups is 1. The summed E-state index contributed by atoms with van der Waals surface area (Å²) in [5.41, 5.74) is 3.78. The van der Waals surface area contributed by atoms with Crippen molar-refractivity contribution in [3.8, 4) is 5.75 Å². The van der Waals surface area contributed by atoms with Crippen molar-refractivity contribution in [2.45, 2.75) is 19.3 Å². The second-order valence-corrected chi connectivity index (χ2v) is 7.62. The molecule has 132 valence electrons. The molecule has 1 saturated heterocycles. The summed E-state index contributed by atoms with van der Waals surface area (Å²) >= 11 is 0.926. The molecular weight excluding hydrogens is 346 g/mol. The summed E-state index contributed by atoms with van der Waals surface area (Å²) in [7, 11) is 0. The zero-order valence-corrected chi connectivity index (χ0v) is 15.1. The lowest BCUT2D eigenvalue weighted by Crippen LogP contribution is -2.20. The van der Waals surface area contributed by atoms with E-state index >= 15 is 0 Å². The van der Waals surface area contributed by atoms with Gasteiger partial charge in [0.05, 0.1) is 11.5 Å². The number of ether oxygens (including phenoxy) is 1. The van der Waals surface area contributed by atoms with Crippen LogP contribution in [-0.2, 0) is 17.6 Å².